The van der Waals surface area contributed by atoms with Gasteiger partial charge >= 0.3 is 0 Å². The molecule has 0 saturated carbocycles. The van der Waals surface area contributed by atoms with Crippen molar-refractivity contribution in [2.24, 2.45) is 0 Å². The fraction of sp³-hybridized carbons (Fsp3) is 0.333. The van der Waals surface area contributed by atoms with Crippen LogP contribution >= 0.6 is 0 Å². The molecule has 0 spiro atoms. The van der Waals surface area contributed by atoms with Gasteiger partial charge in [-0.2, -0.15) is 0 Å². The molecule has 0 amide bonds. The fourth-order valence-electron chi connectivity index (χ4n) is 2.86. The van der Waals surface area contributed by atoms with Gasteiger partial charge in [-0.05, 0) is 42.9 Å². The summed E-state index contributed by atoms with van der Waals surface area (Å²) in [4.78, 5) is 2.30. The highest BCUT2D eigenvalue weighted by molar-refractivity contribution is 7.89. The lowest BCUT2D eigenvalue weighted by molar-refractivity contribution is 0.134. The van der Waals surface area contributed by atoms with Gasteiger partial charge in [-0.3, -0.25) is 0 Å². The Morgan fingerprint density at radius 1 is 1.08 bits per heavy atom. The van der Waals surface area contributed by atoms with E-state index in [4.69, 9.17) is 4.74 Å². The predicted molar refractivity (Wildman–Crippen MR) is 93.0 cm³/mol. The monoisotopic (exact) mass is 346 g/mol. The molecule has 24 heavy (non-hydrogen) atoms. The van der Waals surface area contributed by atoms with Gasteiger partial charge in [0.1, 0.15) is 0 Å². The maximum Gasteiger partial charge on any atom is 0.240 e. The second kappa shape index (κ2) is 7.03. The van der Waals surface area contributed by atoms with Crippen LogP contribution in [0.1, 0.15) is 22.7 Å². The number of benzene rings is 2. The van der Waals surface area contributed by atoms with Crippen LogP contribution in [-0.2, 0) is 28.0 Å². The van der Waals surface area contributed by atoms with Crippen LogP contribution in [0.15, 0.2) is 53.4 Å². The van der Waals surface area contributed by atoms with E-state index in [1.807, 2.05) is 55.4 Å². The van der Waals surface area contributed by atoms with E-state index in [0.29, 0.717) is 19.8 Å². The van der Waals surface area contributed by atoms with E-state index >= 15 is 0 Å². The van der Waals surface area contributed by atoms with Crippen molar-refractivity contribution >= 4 is 10.0 Å². The molecule has 0 radical (unpaired) electrons. The second-order valence-corrected chi connectivity index (χ2v) is 7.93. The third-order valence-corrected chi connectivity index (χ3v) is 5.70. The van der Waals surface area contributed by atoms with E-state index in [0.717, 1.165) is 16.7 Å². The number of nitrogens with zero attached hydrogens (tertiary/aromatic N) is 1. The third-order valence-electron chi connectivity index (χ3n) is 4.28. The number of rotatable bonds is 6. The van der Waals surface area contributed by atoms with Gasteiger partial charge in [-0.15, -0.1) is 0 Å². The summed E-state index contributed by atoms with van der Waals surface area (Å²) >= 11 is 0. The van der Waals surface area contributed by atoms with Crippen LogP contribution < -0.4 is 4.72 Å². The average molecular weight is 346 g/mol. The van der Waals surface area contributed by atoms with Crippen LogP contribution in [0.5, 0.6) is 0 Å². The first-order chi connectivity index (χ1) is 11.5. The molecule has 0 unspecified atom stereocenters. The van der Waals surface area contributed by atoms with Gasteiger partial charge < -0.3 is 9.64 Å². The molecule has 3 rings (SSSR count). The Labute approximate surface area is 143 Å². The van der Waals surface area contributed by atoms with Crippen molar-refractivity contribution in [1.82, 2.24) is 9.62 Å². The molecule has 0 saturated heterocycles. The summed E-state index contributed by atoms with van der Waals surface area (Å²) in [5.41, 5.74) is 3.09. The summed E-state index contributed by atoms with van der Waals surface area (Å²) in [5.74, 6) is 0. The number of fused-ring (bicyclic) bond motifs is 1. The molecule has 128 valence electrons. The predicted octanol–water partition coefficient (Wildman–Crippen LogP) is 2.30. The molecule has 2 aromatic rings. The van der Waals surface area contributed by atoms with Crippen LogP contribution in [0.25, 0.3) is 0 Å². The lowest BCUT2D eigenvalue weighted by atomic mass is 10.1. The molecule has 0 aromatic heterocycles. The van der Waals surface area contributed by atoms with Gasteiger partial charge in [0.25, 0.3) is 0 Å². The molecule has 1 heterocycles. The number of nitrogens with one attached hydrogen (secondary N) is 1. The zero-order valence-electron chi connectivity index (χ0n) is 13.9. The van der Waals surface area contributed by atoms with Gasteiger partial charge in [0.05, 0.1) is 18.1 Å². The molecule has 1 aliphatic heterocycles. The molecular formula is C18H22N2O3S. The lowest BCUT2D eigenvalue weighted by Crippen LogP contribution is -2.34. The van der Waals surface area contributed by atoms with Gasteiger partial charge in [0.15, 0.2) is 0 Å². The molecule has 0 fully saturated rings. The number of ether oxygens (including phenoxy) is 1. The minimum atomic E-state index is -3.55. The van der Waals surface area contributed by atoms with E-state index in [9.17, 15) is 8.42 Å². The largest absolute Gasteiger partial charge is 0.372 e. The molecule has 1 atom stereocenters. The summed E-state index contributed by atoms with van der Waals surface area (Å²) in [6, 6.07) is 15.0. The third kappa shape index (κ3) is 3.67. The first kappa shape index (κ1) is 17.1. The first-order valence-corrected chi connectivity index (χ1v) is 9.36. The Morgan fingerprint density at radius 2 is 1.79 bits per heavy atom. The van der Waals surface area contributed by atoms with Crippen molar-refractivity contribution in [1.29, 1.82) is 0 Å². The summed E-state index contributed by atoms with van der Waals surface area (Å²) in [6.07, 6.45) is 0. The Bertz CT molecular complexity index is 804. The summed E-state index contributed by atoms with van der Waals surface area (Å²) in [5, 5.41) is 0. The lowest BCUT2D eigenvalue weighted by Gasteiger charge is -2.25. The van der Waals surface area contributed by atoms with Gasteiger partial charge in [-0.1, -0.05) is 36.4 Å². The highest BCUT2D eigenvalue weighted by Gasteiger charge is 2.21. The highest BCUT2D eigenvalue weighted by atomic mass is 32.2. The summed E-state index contributed by atoms with van der Waals surface area (Å²) in [7, 11) is 0.336. The van der Waals surface area contributed by atoms with E-state index in [1.165, 1.54) is 0 Å². The van der Waals surface area contributed by atoms with Gasteiger partial charge in [-0.25, -0.2) is 13.1 Å². The topological polar surface area (TPSA) is 58.6 Å². The van der Waals surface area contributed by atoms with Crippen LogP contribution in [0.4, 0.5) is 0 Å². The van der Waals surface area contributed by atoms with E-state index in [1.54, 1.807) is 12.1 Å². The van der Waals surface area contributed by atoms with Crippen LogP contribution in [0.3, 0.4) is 0 Å². The van der Waals surface area contributed by atoms with Gasteiger partial charge in [0, 0.05) is 12.6 Å². The second-order valence-electron chi connectivity index (χ2n) is 6.17. The minimum Gasteiger partial charge on any atom is -0.372 e. The molecule has 1 N–H and O–H groups in total. The quantitative estimate of drug-likeness (QED) is 0.872. The van der Waals surface area contributed by atoms with Crippen LogP contribution in [0, 0.1) is 0 Å². The molecule has 0 aliphatic carbocycles. The fourth-order valence-corrected chi connectivity index (χ4v) is 3.95. The zero-order chi connectivity index (χ0) is 17.2. The molecule has 1 aliphatic rings. The van der Waals surface area contributed by atoms with Crippen molar-refractivity contribution in [3.8, 4) is 0 Å². The van der Waals surface area contributed by atoms with E-state index < -0.39 is 10.0 Å². The number of hydrogen-bond acceptors (Lipinski definition) is 4. The van der Waals surface area contributed by atoms with Crippen molar-refractivity contribution in [3.63, 3.8) is 0 Å². The standard InChI is InChI=1S/C18H22N2O3S/c1-20(2)18(14-6-4-3-5-7-14)11-19-24(21,22)17-9-8-15-12-23-13-16(15)10-17/h3-10,18-19H,11-13H2,1-2H3/t18-/m1/s1. The van der Waals surface area contributed by atoms with Crippen molar-refractivity contribution in [2.75, 3.05) is 20.6 Å². The minimum absolute atomic E-state index is 0.0289. The Balaban J connectivity index is 1.76. The highest BCUT2D eigenvalue weighted by Crippen LogP contribution is 2.23. The SMILES string of the molecule is CN(C)[C@H](CNS(=O)(=O)c1ccc2c(c1)COC2)c1ccccc1. The Morgan fingerprint density at radius 3 is 2.50 bits per heavy atom. The first-order valence-electron chi connectivity index (χ1n) is 7.88. The molecule has 6 heteroatoms. The summed E-state index contributed by atoms with van der Waals surface area (Å²) < 4.78 is 33.3. The smallest absolute Gasteiger partial charge is 0.240 e. The van der Waals surface area contributed by atoms with Crippen molar-refractivity contribution in [3.05, 3.63) is 65.2 Å². The van der Waals surface area contributed by atoms with Crippen molar-refractivity contribution in [2.45, 2.75) is 24.2 Å². The zero-order valence-corrected chi connectivity index (χ0v) is 14.7. The molecular weight excluding hydrogens is 324 g/mol. The maximum atomic E-state index is 12.6. The average Bonchev–Trinajstić information content (AvgIpc) is 3.03. The van der Waals surface area contributed by atoms with Crippen molar-refractivity contribution < 1.29 is 13.2 Å². The van der Waals surface area contributed by atoms with E-state index in [2.05, 4.69) is 4.72 Å². The molecule has 0 bridgehead atoms. The normalized spacial score (nSPS) is 15.5. The summed E-state index contributed by atoms with van der Waals surface area (Å²) in [6.45, 7) is 1.34. The number of sulfonamides is 1. The molecule has 2 aromatic carbocycles. The van der Waals surface area contributed by atoms with Crippen LogP contribution in [-0.4, -0.2) is 34.0 Å². The molecule has 5 nitrogen and oxygen atoms in total. The Kier molecular flexibility index (Phi) is 5.01. The maximum absolute atomic E-state index is 12.6. The van der Waals surface area contributed by atoms with Gasteiger partial charge in [0.2, 0.25) is 10.0 Å². The number of hydrogen-bond donors (Lipinski definition) is 1. The number of likely N-dealkylation sites (N-methyl/N-ethyl adjacent to an activating group) is 1. The van der Waals surface area contributed by atoms with Crippen LogP contribution in [0.2, 0.25) is 0 Å². The Hall–Kier alpha value is -1.73. The van der Waals surface area contributed by atoms with E-state index in [-0.39, 0.29) is 10.9 Å².